The summed E-state index contributed by atoms with van der Waals surface area (Å²) >= 11 is 5.69. The third-order valence-corrected chi connectivity index (χ3v) is 3.36. The second kappa shape index (κ2) is 4.17. The van der Waals surface area contributed by atoms with E-state index in [0.29, 0.717) is 0 Å². The van der Waals surface area contributed by atoms with Crippen LogP contribution >= 0.6 is 38.5 Å². The molecule has 15 heavy (non-hydrogen) atoms. The molecular formula is C9H8BrIN4. The van der Waals surface area contributed by atoms with Crippen LogP contribution in [0, 0.1) is 17.4 Å². The van der Waals surface area contributed by atoms with Crippen LogP contribution in [-0.4, -0.2) is 19.7 Å². The Morgan fingerprint density at radius 2 is 2.07 bits per heavy atom. The number of halogens is 2. The minimum atomic E-state index is 0.746. The lowest BCUT2D eigenvalue weighted by molar-refractivity contribution is 0.814. The van der Waals surface area contributed by atoms with Gasteiger partial charge in [-0.05, 0) is 52.4 Å². The third kappa shape index (κ3) is 2.20. The summed E-state index contributed by atoms with van der Waals surface area (Å²) < 4.78 is 3.70. The van der Waals surface area contributed by atoms with E-state index < -0.39 is 0 Å². The molecule has 2 heterocycles. The first-order valence-corrected chi connectivity index (χ1v) is 6.16. The Morgan fingerprint density at radius 3 is 2.67 bits per heavy atom. The Balaban J connectivity index is 2.62. The molecular weight excluding hydrogens is 371 g/mol. The van der Waals surface area contributed by atoms with E-state index in [-0.39, 0.29) is 0 Å². The standard InChI is InChI=1S/C9H8BrIN4/c1-5-8(10)9(14-6(2)13-5)15-4-7(11)3-12-15/h3-4H,1-2H3. The molecule has 4 nitrogen and oxygen atoms in total. The monoisotopic (exact) mass is 378 g/mol. The molecule has 0 aliphatic carbocycles. The first-order chi connectivity index (χ1) is 7.08. The number of hydrogen-bond donors (Lipinski definition) is 0. The molecule has 0 aliphatic rings. The molecule has 2 rings (SSSR count). The van der Waals surface area contributed by atoms with Crippen molar-refractivity contribution in [3.05, 3.63) is 32.0 Å². The van der Waals surface area contributed by atoms with Crippen LogP contribution in [0.1, 0.15) is 11.5 Å². The van der Waals surface area contributed by atoms with Gasteiger partial charge in [-0.15, -0.1) is 0 Å². The average Bonchev–Trinajstić information content (AvgIpc) is 2.58. The summed E-state index contributed by atoms with van der Waals surface area (Å²) in [5.74, 6) is 1.53. The van der Waals surface area contributed by atoms with Gasteiger partial charge >= 0.3 is 0 Å². The van der Waals surface area contributed by atoms with E-state index in [1.54, 1.807) is 10.9 Å². The molecule has 0 saturated heterocycles. The van der Waals surface area contributed by atoms with Gasteiger partial charge in [0.15, 0.2) is 5.82 Å². The highest BCUT2D eigenvalue weighted by Crippen LogP contribution is 2.21. The fourth-order valence-corrected chi connectivity index (χ4v) is 2.00. The summed E-state index contributed by atoms with van der Waals surface area (Å²) in [6, 6.07) is 0. The van der Waals surface area contributed by atoms with E-state index in [2.05, 4.69) is 53.6 Å². The molecule has 0 atom stereocenters. The van der Waals surface area contributed by atoms with Crippen LogP contribution in [0.3, 0.4) is 0 Å². The SMILES string of the molecule is Cc1nc(C)c(Br)c(-n2cc(I)cn2)n1. The summed E-state index contributed by atoms with van der Waals surface area (Å²) in [4.78, 5) is 8.62. The number of rotatable bonds is 1. The molecule has 0 aromatic carbocycles. The van der Waals surface area contributed by atoms with Crippen molar-refractivity contribution in [3.8, 4) is 5.82 Å². The minimum Gasteiger partial charge on any atom is -0.237 e. The van der Waals surface area contributed by atoms with Gasteiger partial charge in [0.05, 0.1) is 19.9 Å². The molecule has 0 fully saturated rings. The minimum absolute atomic E-state index is 0.746. The second-order valence-corrected chi connectivity index (χ2v) is 5.14. The smallest absolute Gasteiger partial charge is 0.171 e. The van der Waals surface area contributed by atoms with Gasteiger partial charge in [0, 0.05) is 6.20 Å². The lowest BCUT2D eigenvalue weighted by atomic mass is 10.4. The zero-order valence-electron chi connectivity index (χ0n) is 8.20. The molecule has 78 valence electrons. The quantitative estimate of drug-likeness (QED) is 0.716. The molecule has 0 saturated carbocycles. The van der Waals surface area contributed by atoms with Gasteiger partial charge in [-0.25, -0.2) is 14.6 Å². The first-order valence-electron chi connectivity index (χ1n) is 4.29. The van der Waals surface area contributed by atoms with E-state index in [1.165, 1.54) is 0 Å². The van der Waals surface area contributed by atoms with Crippen molar-refractivity contribution in [1.29, 1.82) is 0 Å². The normalized spacial score (nSPS) is 10.7. The molecule has 0 bridgehead atoms. The number of aromatic nitrogens is 4. The van der Waals surface area contributed by atoms with Crippen molar-refractivity contribution in [2.45, 2.75) is 13.8 Å². The maximum Gasteiger partial charge on any atom is 0.171 e. The summed E-state index contributed by atoms with van der Waals surface area (Å²) in [6.45, 7) is 3.81. The van der Waals surface area contributed by atoms with Gasteiger partial charge in [0.25, 0.3) is 0 Å². The van der Waals surface area contributed by atoms with Crippen molar-refractivity contribution in [2.75, 3.05) is 0 Å². The van der Waals surface area contributed by atoms with Crippen LogP contribution in [-0.2, 0) is 0 Å². The van der Waals surface area contributed by atoms with E-state index in [9.17, 15) is 0 Å². The van der Waals surface area contributed by atoms with Crippen LogP contribution in [0.15, 0.2) is 16.9 Å². The zero-order valence-corrected chi connectivity index (χ0v) is 11.9. The van der Waals surface area contributed by atoms with Crippen molar-refractivity contribution >= 4 is 38.5 Å². The Hall–Kier alpha value is -0.500. The number of nitrogens with zero attached hydrogens (tertiary/aromatic N) is 4. The number of aryl methyl sites for hydroxylation is 2. The summed E-state index contributed by atoms with van der Waals surface area (Å²) in [6.07, 6.45) is 3.71. The topological polar surface area (TPSA) is 43.6 Å². The van der Waals surface area contributed by atoms with Crippen LogP contribution in [0.4, 0.5) is 0 Å². The lowest BCUT2D eigenvalue weighted by Gasteiger charge is -2.06. The Bertz CT molecular complexity index is 509. The van der Waals surface area contributed by atoms with Gasteiger partial charge in [0.2, 0.25) is 0 Å². The second-order valence-electron chi connectivity index (χ2n) is 3.10. The van der Waals surface area contributed by atoms with Crippen molar-refractivity contribution < 1.29 is 0 Å². The highest BCUT2D eigenvalue weighted by molar-refractivity contribution is 14.1. The highest BCUT2D eigenvalue weighted by atomic mass is 127. The van der Waals surface area contributed by atoms with Crippen LogP contribution < -0.4 is 0 Å². The average molecular weight is 379 g/mol. The van der Waals surface area contributed by atoms with E-state index in [1.807, 2.05) is 20.0 Å². The first kappa shape index (κ1) is 11.0. The fourth-order valence-electron chi connectivity index (χ4n) is 1.25. The van der Waals surface area contributed by atoms with E-state index >= 15 is 0 Å². The maximum atomic E-state index is 4.36. The summed E-state index contributed by atoms with van der Waals surface area (Å²) in [5.41, 5.74) is 0.919. The van der Waals surface area contributed by atoms with Gasteiger partial charge < -0.3 is 0 Å². The maximum absolute atomic E-state index is 4.36. The largest absolute Gasteiger partial charge is 0.237 e. The molecule has 0 radical (unpaired) electrons. The predicted molar refractivity (Wildman–Crippen MR) is 69.0 cm³/mol. The van der Waals surface area contributed by atoms with Gasteiger partial charge in [-0.1, -0.05) is 0 Å². The highest BCUT2D eigenvalue weighted by Gasteiger charge is 2.10. The fraction of sp³-hybridized carbons (Fsp3) is 0.222. The number of hydrogen-bond acceptors (Lipinski definition) is 3. The molecule has 0 unspecified atom stereocenters. The van der Waals surface area contributed by atoms with E-state index in [0.717, 1.165) is 25.4 Å². The molecule has 0 aliphatic heterocycles. The summed E-state index contributed by atoms with van der Waals surface area (Å²) in [5, 5.41) is 4.22. The van der Waals surface area contributed by atoms with Gasteiger partial charge in [-0.2, -0.15) is 5.10 Å². The van der Waals surface area contributed by atoms with Crippen LogP contribution in [0.5, 0.6) is 0 Å². The lowest BCUT2D eigenvalue weighted by Crippen LogP contribution is -2.04. The Kier molecular flexibility index (Phi) is 3.06. The Labute approximate surface area is 109 Å². The molecule has 0 amide bonds. The summed E-state index contributed by atoms with van der Waals surface area (Å²) in [7, 11) is 0. The van der Waals surface area contributed by atoms with E-state index in [4.69, 9.17) is 0 Å². The van der Waals surface area contributed by atoms with Gasteiger partial charge in [0.1, 0.15) is 5.82 Å². The molecule has 6 heteroatoms. The third-order valence-electron chi connectivity index (χ3n) is 1.88. The molecule has 0 spiro atoms. The molecule has 2 aromatic rings. The van der Waals surface area contributed by atoms with Crippen LogP contribution in [0.2, 0.25) is 0 Å². The Morgan fingerprint density at radius 1 is 1.33 bits per heavy atom. The molecule has 2 aromatic heterocycles. The predicted octanol–water partition coefficient (Wildman–Crippen LogP) is 2.65. The van der Waals surface area contributed by atoms with Crippen LogP contribution in [0.25, 0.3) is 5.82 Å². The van der Waals surface area contributed by atoms with Crippen molar-refractivity contribution in [1.82, 2.24) is 19.7 Å². The van der Waals surface area contributed by atoms with Gasteiger partial charge in [-0.3, -0.25) is 0 Å². The molecule has 0 N–H and O–H groups in total. The van der Waals surface area contributed by atoms with Crippen molar-refractivity contribution in [3.63, 3.8) is 0 Å². The van der Waals surface area contributed by atoms with Crippen molar-refractivity contribution in [2.24, 2.45) is 0 Å². The zero-order chi connectivity index (χ0) is 11.0.